The summed E-state index contributed by atoms with van der Waals surface area (Å²) >= 11 is 0. The monoisotopic (exact) mass is 182 g/mol. The predicted molar refractivity (Wildman–Crippen MR) is 42.1 cm³/mol. The molecule has 1 aromatic carbocycles. The topological polar surface area (TPSA) is 46.5 Å². The first-order chi connectivity index (χ1) is 6.18. The van der Waals surface area contributed by atoms with E-state index in [0.717, 1.165) is 6.07 Å². The molecule has 0 amide bonds. The Kier molecular flexibility index (Phi) is 1.69. The molecule has 0 aliphatic carbocycles. The van der Waals surface area contributed by atoms with Crippen molar-refractivity contribution in [2.75, 3.05) is 6.61 Å². The molecular formula is C9H7FO3. The van der Waals surface area contributed by atoms with Gasteiger partial charge in [0.2, 0.25) is 0 Å². The molecule has 1 heterocycles. The van der Waals surface area contributed by atoms with Crippen molar-refractivity contribution in [3.05, 3.63) is 29.1 Å². The number of phenols is 1. The molecule has 2 rings (SSSR count). The van der Waals surface area contributed by atoms with Gasteiger partial charge in [0.05, 0.1) is 6.61 Å². The zero-order chi connectivity index (χ0) is 9.42. The average molecular weight is 182 g/mol. The maximum absolute atomic E-state index is 12.8. The van der Waals surface area contributed by atoms with E-state index in [2.05, 4.69) is 0 Å². The highest BCUT2D eigenvalue weighted by Gasteiger charge is 2.23. The predicted octanol–water partition coefficient (Wildman–Crippen LogP) is 1.24. The molecule has 1 aromatic rings. The number of rotatable bonds is 0. The van der Waals surface area contributed by atoms with Crippen LogP contribution in [0.5, 0.6) is 5.75 Å². The summed E-state index contributed by atoms with van der Waals surface area (Å²) in [6, 6.07) is 2.15. The number of ether oxygens (including phenoxy) is 1. The van der Waals surface area contributed by atoms with Gasteiger partial charge in [-0.05, 0) is 11.6 Å². The number of cyclic esters (lactones) is 1. The summed E-state index contributed by atoms with van der Waals surface area (Å²) in [6.45, 7) is 0.245. The number of hydrogen-bond acceptors (Lipinski definition) is 3. The van der Waals surface area contributed by atoms with E-state index >= 15 is 0 Å². The average Bonchev–Trinajstić information content (AvgIpc) is 2.02. The smallest absolute Gasteiger partial charge is 0.342 e. The largest absolute Gasteiger partial charge is 0.507 e. The Labute approximate surface area is 73.8 Å². The molecule has 68 valence electrons. The number of carbonyl (C=O) groups is 1. The number of aromatic hydroxyl groups is 1. The Morgan fingerprint density at radius 3 is 3.00 bits per heavy atom. The molecular weight excluding hydrogens is 175 g/mol. The van der Waals surface area contributed by atoms with E-state index < -0.39 is 11.8 Å². The van der Waals surface area contributed by atoms with Crippen LogP contribution in [0, 0.1) is 5.82 Å². The highest BCUT2D eigenvalue weighted by Crippen LogP contribution is 2.26. The van der Waals surface area contributed by atoms with Crippen molar-refractivity contribution >= 4 is 5.97 Å². The van der Waals surface area contributed by atoms with E-state index in [0.29, 0.717) is 12.0 Å². The summed E-state index contributed by atoms with van der Waals surface area (Å²) in [4.78, 5) is 11.1. The third kappa shape index (κ3) is 1.24. The van der Waals surface area contributed by atoms with Gasteiger partial charge in [-0.25, -0.2) is 9.18 Å². The fourth-order valence-corrected chi connectivity index (χ4v) is 1.41. The maximum atomic E-state index is 12.8. The maximum Gasteiger partial charge on any atom is 0.342 e. The first-order valence-corrected chi connectivity index (χ1v) is 3.87. The lowest BCUT2D eigenvalue weighted by Crippen LogP contribution is -2.17. The molecule has 1 aliphatic heterocycles. The first kappa shape index (κ1) is 8.04. The van der Waals surface area contributed by atoms with Crippen LogP contribution in [-0.4, -0.2) is 17.7 Å². The van der Waals surface area contributed by atoms with Crippen molar-refractivity contribution in [3.63, 3.8) is 0 Å². The fourth-order valence-electron chi connectivity index (χ4n) is 1.41. The Balaban J connectivity index is 2.63. The Morgan fingerprint density at radius 1 is 1.46 bits per heavy atom. The van der Waals surface area contributed by atoms with Crippen LogP contribution >= 0.6 is 0 Å². The highest BCUT2D eigenvalue weighted by molar-refractivity contribution is 5.94. The van der Waals surface area contributed by atoms with Gasteiger partial charge in [-0.2, -0.15) is 0 Å². The van der Waals surface area contributed by atoms with Gasteiger partial charge in [-0.1, -0.05) is 0 Å². The molecule has 0 radical (unpaired) electrons. The van der Waals surface area contributed by atoms with Crippen molar-refractivity contribution in [1.82, 2.24) is 0 Å². The summed E-state index contributed by atoms with van der Waals surface area (Å²) in [5.74, 6) is -1.47. The molecule has 1 N–H and O–H groups in total. The van der Waals surface area contributed by atoms with Crippen molar-refractivity contribution in [1.29, 1.82) is 0 Å². The standard InChI is InChI=1S/C9H7FO3/c10-6-3-5-1-2-13-9(12)8(5)7(11)4-6/h3-4,11H,1-2H2. The summed E-state index contributed by atoms with van der Waals surface area (Å²) in [6.07, 6.45) is 0.451. The van der Waals surface area contributed by atoms with Gasteiger partial charge in [0.15, 0.2) is 0 Å². The molecule has 3 nitrogen and oxygen atoms in total. The quantitative estimate of drug-likeness (QED) is 0.614. The second-order valence-corrected chi connectivity index (χ2v) is 2.84. The first-order valence-electron chi connectivity index (χ1n) is 3.87. The van der Waals surface area contributed by atoms with Gasteiger partial charge in [0, 0.05) is 12.5 Å². The molecule has 0 spiro atoms. The molecule has 4 heteroatoms. The van der Waals surface area contributed by atoms with Crippen LogP contribution in [0.3, 0.4) is 0 Å². The lowest BCUT2D eigenvalue weighted by Gasteiger charge is -2.16. The minimum absolute atomic E-state index is 0.0904. The Hall–Kier alpha value is -1.58. The van der Waals surface area contributed by atoms with E-state index in [4.69, 9.17) is 4.74 Å². The zero-order valence-electron chi connectivity index (χ0n) is 6.71. The second-order valence-electron chi connectivity index (χ2n) is 2.84. The number of benzene rings is 1. The molecule has 13 heavy (non-hydrogen) atoms. The number of esters is 1. The normalized spacial score (nSPS) is 15.0. The number of halogens is 1. The molecule has 0 fully saturated rings. The Morgan fingerprint density at radius 2 is 2.23 bits per heavy atom. The van der Waals surface area contributed by atoms with Crippen LogP contribution in [0.4, 0.5) is 4.39 Å². The van der Waals surface area contributed by atoms with Crippen LogP contribution in [-0.2, 0) is 11.2 Å². The van der Waals surface area contributed by atoms with Gasteiger partial charge < -0.3 is 9.84 Å². The second kappa shape index (κ2) is 2.73. The third-order valence-electron chi connectivity index (χ3n) is 1.97. The molecule has 0 unspecified atom stereocenters. The van der Waals surface area contributed by atoms with E-state index in [1.807, 2.05) is 0 Å². The van der Waals surface area contributed by atoms with Crippen LogP contribution < -0.4 is 0 Å². The van der Waals surface area contributed by atoms with Crippen LogP contribution in [0.2, 0.25) is 0 Å². The van der Waals surface area contributed by atoms with Crippen molar-refractivity contribution in [2.24, 2.45) is 0 Å². The summed E-state index contributed by atoms with van der Waals surface area (Å²) < 4.78 is 17.5. The van der Waals surface area contributed by atoms with Crippen molar-refractivity contribution < 1.29 is 19.0 Å². The fraction of sp³-hybridized carbons (Fsp3) is 0.222. The molecule has 0 aromatic heterocycles. The minimum Gasteiger partial charge on any atom is -0.507 e. The third-order valence-corrected chi connectivity index (χ3v) is 1.97. The van der Waals surface area contributed by atoms with Gasteiger partial charge >= 0.3 is 5.97 Å². The molecule has 0 saturated carbocycles. The lowest BCUT2D eigenvalue weighted by molar-refractivity contribution is 0.0476. The summed E-state index contributed by atoms with van der Waals surface area (Å²) in [5, 5.41) is 9.27. The number of carbonyl (C=O) groups excluding carboxylic acids is 1. The number of fused-ring (bicyclic) bond motifs is 1. The zero-order valence-corrected chi connectivity index (χ0v) is 6.71. The molecule has 0 saturated heterocycles. The minimum atomic E-state index is -0.584. The van der Waals surface area contributed by atoms with Crippen molar-refractivity contribution in [3.8, 4) is 5.75 Å². The van der Waals surface area contributed by atoms with Gasteiger partial charge in [0.1, 0.15) is 17.1 Å². The van der Waals surface area contributed by atoms with E-state index in [1.165, 1.54) is 6.07 Å². The lowest BCUT2D eigenvalue weighted by atomic mass is 10.0. The van der Waals surface area contributed by atoms with E-state index in [9.17, 15) is 14.3 Å². The summed E-state index contributed by atoms with van der Waals surface area (Å²) in [7, 11) is 0. The molecule has 1 aliphatic rings. The molecule has 0 bridgehead atoms. The van der Waals surface area contributed by atoms with E-state index in [-0.39, 0.29) is 17.9 Å². The van der Waals surface area contributed by atoms with Crippen molar-refractivity contribution in [2.45, 2.75) is 6.42 Å². The summed E-state index contributed by atoms with van der Waals surface area (Å²) in [5.41, 5.74) is 0.599. The number of hydrogen-bond donors (Lipinski definition) is 1. The van der Waals surface area contributed by atoms with Gasteiger partial charge in [0.25, 0.3) is 0 Å². The Bertz CT molecular complexity index is 373. The SMILES string of the molecule is O=C1OCCc2cc(F)cc(O)c21. The van der Waals surface area contributed by atoms with Crippen LogP contribution in [0.25, 0.3) is 0 Å². The van der Waals surface area contributed by atoms with Crippen LogP contribution in [0.15, 0.2) is 12.1 Å². The van der Waals surface area contributed by atoms with Crippen LogP contribution in [0.1, 0.15) is 15.9 Å². The molecule has 0 atom stereocenters. The van der Waals surface area contributed by atoms with E-state index in [1.54, 1.807) is 0 Å². The highest BCUT2D eigenvalue weighted by atomic mass is 19.1. The van der Waals surface area contributed by atoms with Gasteiger partial charge in [-0.3, -0.25) is 0 Å². The number of phenolic OH excluding ortho intramolecular Hbond substituents is 1. The van der Waals surface area contributed by atoms with Gasteiger partial charge in [-0.15, -0.1) is 0 Å².